The fourth-order valence-electron chi connectivity index (χ4n) is 2.27. The van der Waals surface area contributed by atoms with Gasteiger partial charge in [-0.1, -0.05) is 10.3 Å². The van der Waals surface area contributed by atoms with E-state index in [4.69, 9.17) is 9.47 Å². The fraction of sp³-hybridized carbons (Fsp3) is 0.500. The first-order chi connectivity index (χ1) is 10.5. The molecule has 1 fully saturated rings. The van der Waals surface area contributed by atoms with E-state index in [0.717, 1.165) is 0 Å². The lowest BCUT2D eigenvalue weighted by Crippen LogP contribution is -2.33. The molecule has 0 aromatic carbocycles. The molecule has 3 N–H and O–H groups in total. The Morgan fingerprint density at radius 1 is 1.55 bits per heavy atom. The van der Waals surface area contributed by atoms with Crippen LogP contribution >= 0.6 is 0 Å². The number of aryl methyl sites for hydroxylation is 1. The lowest BCUT2D eigenvalue weighted by Gasteiger charge is -2.16. The number of nitrogens with one attached hydrogen (secondary N) is 2. The second-order valence-corrected chi connectivity index (χ2v) is 5.03. The van der Waals surface area contributed by atoms with Gasteiger partial charge in [-0.2, -0.15) is 0 Å². The Bertz CT molecular complexity index is 752. The van der Waals surface area contributed by atoms with E-state index in [9.17, 15) is 14.7 Å². The van der Waals surface area contributed by atoms with Gasteiger partial charge in [-0.25, -0.2) is 4.79 Å². The number of H-pyrrole nitrogens is 2. The van der Waals surface area contributed by atoms with Crippen molar-refractivity contribution in [1.29, 1.82) is 0 Å². The monoisotopic (exact) mass is 309 g/mol. The zero-order valence-corrected chi connectivity index (χ0v) is 11.7. The Kier molecular flexibility index (Phi) is 3.77. The highest BCUT2D eigenvalue weighted by atomic mass is 16.6. The van der Waals surface area contributed by atoms with Crippen LogP contribution in [0.25, 0.3) is 0 Å². The molecule has 3 atom stereocenters. The summed E-state index contributed by atoms with van der Waals surface area (Å²) in [7, 11) is 0. The fourth-order valence-corrected chi connectivity index (χ4v) is 2.27. The van der Waals surface area contributed by atoms with E-state index < -0.39 is 29.7 Å². The summed E-state index contributed by atoms with van der Waals surface area (Å²) >= 11 is 0. The molecule has 118 valence electrons. The lowest BCUT2D eigenvalue weighted by atomic mass is 10.2. The molecule has 0 amide bonds. The first-order valence-corrected chi connectivity index (χ1v) is 6.69. The predicted octanol–water partition coefficient (Wildman–Crippen LogP) is -1.31. The normalized spacial score (nSPS) is 24.5. The largest absolute Gasteiger partial charge is 0.473 e. The zero-order chi connectivity index (χ0) is 15.7. The van der Waals surface area contributed by atoms with E-state index in [-0.39, 0.29) is 18.9 Å². The van der Waals surface area contributed by atoms with E-state index in [0.29, 0.717) is 5.56 Å². The zero-order valence-electron chi connectivity index (χ0n) is 11.7. The van der Waals surface area contributed by atoms with Crippen LogP contribution in [0, 0.1) is 6.92 Å². The van der Waals surface area contributed by atoms with Gasteiger partial charge in [0.05, 0.1) is 12.3 Å². The molecule has 10 heteroatoms. The standard InChI is InChI=1S/C12H15N5O5/c1-6-4-17(12(20)14-11(6)19)10-2-7(18)8(22-10)5-21-9-3-13-16-15-9/h3-4,7-8,10,18H,2,5H2,1H3,(H,13,15,16)(H,14,19,20)/t7-,8+,10+/m0/s1. The molecule has 10 nitrogen and oxygen atoms in total. The average molecular weight is 309 g/mol. The third-order valence-corrected chi connectivity index (χ3v) is 3.45. The number of aliphatic hydroxyl groups excluding tert-OH is 1. The van der Waals surface area contributed by atoms with Gasteiger partial charge in [0.1, 0.15) is 18.9 Å². The molecular weight excluding hydrogens is 294 g/mol. The quantitative estimate of drug-likeness (QED) is 0.638. The Labute approximate surface area is 123 Å². The Hall–Kier alpha value is -2.46. The summed E-state index contributed by atoms with van der Waals surface area (Å²) in [5.41, 5.74) is -0.628. The van der Waals surface area contributed by atoms with Crippen LogP contribution in [0.5, 0.6) is 5.88 Å². The van der Waals surface area contributed by atoms with Crippen molar-refractivity contribution in [2.45, 2.75) is 31.8 Å². The second kappa shape index (κ2) is 5.73. The number of nitrogens with zero attached hydrogens (tertiary/aromatic N) is 3. The Morgan fingerprint density at radius 2 is 2.36 bits per heavy atom. The van der Waals surface area contributed by atoms with Gasteiger partial charge >= 0.3 is 5.69 Å². The highest BCUT2D eigenvalue weighted by Crippen LogP contribution is 2.27. The van der Waals surface area contributed by atoms with E-state index in [1.165, 1.54) is 17.0 Å². The van der Waals surface area contributed by atoms with Gasteiger partial charge in [-0.3, -0.25) is 19.4 Å². The number of rotatable bonds is 4. The van der Waals surface area contributed by atoms with Crippen molar-refractivity contribution < 1.29 is 14.6 Å². The molecule has 0 unspecified atom stereocenters. The molecule has 1 aliphatic rings. The van der Waals surface area contributed by atoms with Crippen molar-refractivity contribution >= 4 is 0 Å². The molecule has 2 aromatic rings. The molecule has 1 aliphatic heterocycles. The van der Waals surface area contributed by atoms with Gasteiger partial charge in [0.2, 0.25) is 0 Å². The third kappa shape index (κ3) is 2.78. The average Bonchev–Trinajstić information content (AvgIpc) is 3.10. The summed E-state index contributed by atoms with van der Waals surface area (Å²) in [6.07, 6.45) is 1.03. The van der Waals surface area contributed by atoms with Gasteiger partial charge in [0.25, 0.3) is 11.4 Å². The summed E-state index contributed by atoms with van der Waals surface area (Å²) in [5, 5.41) is 19.7. The topological polar surface area (TPSA) is 135 Å². The molecule has 2 aromatic heterocycles. The van der Waals surface area contributed by atoms with E-state index in [1.807, 2.05) is 0 Å². The van der Waals surface area contributed by atoms with Gasteiger partial charge in [-0.15, -0.1) is 0 Å². The number of hydrogen-bond acceptors (Lipinski definition) is 7. The molecule has 0 spiro atoms. The maximum absolute atomic E-state index is 11.8. The van der Waals surface area contributed by atoms with Crippen LogP contribution < -0.4 is 16.0 Å². The lowest BCUT2D eigenvalue weighted by molar-refractivity contribution is -0.0416. The highest BCUT2D eigenvalue weighted by Gasteiger charge is 2.36. The number of aliphatic hydroxyl groups is 1. The van der Waals surface area contributed by atoms with Crippen molar-refractivity contribution in [3.63, 3.8) is 0 Å². The molecular formula is C12H15N5O5. The van der Waals surface area contributed by atoms with E-state index in [1.54, 1.807) is 6.92 Å². The molecule has 0 saturated carbocycles. The van der Waals surface area contributed by atoms with Crippen LogP contribution in [0.1, 0.15) is 18.2 Å². The van der Waals surface area contributed by atoms with Crippen molar-refractivity contribution in [3.8, 4) is 5.88 Å². The summed E-state index contributed by atoms with van der Waals surface area (Å²) < 4.78 is 12.2. The summed E-state index contributed by atoms with van der Waals surface area (Å²) in [6, 6.07) is 0. The van der Waals surface area contributed by atoms with Gasteiger partial charge < -0.3 is 14.6 Å². The van der Waals surface area contributed by atoms with Crippen LogP contribution in [0.3, 0.4) is 0 Å². The minimum Gasteiger partial charge on any atom is -0.473 e. The van der Waals surface area contributed by atoms with Crippen LogP contribution in [0.15, 0.2) is 22.0 Å². The van der Waals surface area contributed by atoms with Gasteiger partial charge in [0, 0.05) is 18.2 Å². The molecule has 22 heavy (non-hydrogen) atoms. The highest BCUT2D eigenvalue weighted by molar-refractivity contribution is 5.02. The summed E-state index contributed by atoms with van der Waals surface area (Å²) in [4.78, 5) is 25.4. The van der Waals surface area contributed by atoms with Crippen molar-refractivity contribution in [3.05, 3.63) is 38.8 Å². The van der Waals surface area contributed by atoms with Crippen LogP contribution in [0.2, 0.25) is 0 Å². The van der Waals surface area contributed by atoms with Crippen LogP contribution in [-0.4, -0.2) is 48.9 Å². The molecule has 3 heterocycles. The Balaban J connectivity index is 1.71. The molecule has 0 radical (unpaired) electrons. The van der Waals surface area contributed by atoms with Gasteiger partial charge in [0.15, 0.2) is 0 Å². The molecule has 1 saturated heterocycles. The SMILES string of the molecule is Cc1cn([C@H]2C[C@H](O)[C@@H](COc3c[nH]nn3)O2)c(=O)[nH]c1=O. The van der Waals surface area contributed by atoms with E-state index in [2.05, 4.69) is 20.4 Å². The molecule has 0 bridgehead atoms. The van der Waals surface area contributed by atoms with Gasteiger partial charge in [-0.05, 0) is 6.92 Å². The third-order valence-electron chi connectivity index (χ3n) is 3.45. The summed E-state index contributed by atoms with van der Waals surface area (Å²) in [5.74, 6) is 0.288. The van der Waals surface area contributed by atoms with Crippen molar-refractivity contribution in [2.24, 2.45) is 0 Å². The first-order valence-electron chi connectivity index (χ1n) is 6.69. The number of aromatic amines is 2. The van der Waals surface area contributed by atoms with Crippen LogP contribution in [0.4, 0.5) is 0 Å². The molecule has 3 rings (SSSR count). The van der Waals surface area contributed by atoms with Crippen molar-refractivity contribution in [2.75, 3.05) is 6.61 Å². The van der Waals surface area contributed by atoms with E-state index >= 15 is 0 Å². The maximum atomic E-state index is 11.8. The van der Waals surface area contributed by atoms with Crippen molar-refractivity contribution in [1.82, 2.24) is 25.0 Å². The second-order valence-electron chi connectivity index (χ2n) is 5.03. The minimum absolute atomic E-state index is 0.0707. The summed E-state index contributed by atoms with van der Waals surface area (Å²) in [6.45, 7) is 1.66. The Morgan fingerprint density at radius 3 is 3.09 bits per heavy atom. The number of ether oxygens (including phenoxy) is 2. The predicted molar refractivity (Wildman–Crippen MR) is 72.5 cm³/mol. The smallest absolute Gasteiger partial charge is 0.330 e. The number of aromatic nitrogens is 5. The minimum atomic E-state index is -0.795. The first kappa shape index (κ1) is 14.5. The number of hydrogen-bond donors (Lipinski definition) is 3. The molecule has 0 aliphatic carbocycles. The maximum Gasteiger partial charge on any atom is 0.330 e. The van der Waals surface area contributed by atoms with Crippen LogP contribution in [-0.2, 0) is 4.74 Å².